The van der Waals surface area contributed by atoms with Crippen LogP contribution >= 0.6 is 0 Å². The first-order valence-electron chi connectivity index (χ1n) is 5.88. The molecule has 6 N–H and O–H groups in total. The van der Waals surface area contributed by atoms with Gasteiger partial charge in [-0.05, 0) is 35.9 Å². The lowest BCUT2D eigenvalue weighted by Gasteiger charge is -2.04. The van der Waals surface area contributed by atoms with E-state index in [4.69, 9.17) is 16.9 Å². The lowest BCUT2D eigenvalue weighted by Crippen LogP contribution is -2.17. The third-order valence-corrected chi connectivity index (χ3v) is 2.62. The van der Waals surface area contributed by atoms with E-state index in [9.17, 15) is 0 Å². The summed E-state index contributed by atoms with van der Waals surface area (Å²) < 4.78 is 0. The number of amidine groups is 1. The number of anilines is 2. The zero-order valence-corrected chi connectivity index (χ0v) is 10.4. The van der Waals surface area contributed by atoms with E-state index >= 15 is 0 Å². The highest BCUT2D eigenvalue weighted by molar-refractivity contribution is 5.97. The maximum Gasteiger partial charge on any atom is 0.129 e. The molecule has 0 atom stereocenters. The molecule has 0 radical (unpaired) electrons. The van der Waals surface area contributed by atoms with Crippen molar-refractivity contribution < 1.29 is 0 Å². The largest absolute Gasteiger partial charge is 0.399 e. The molecule has 0 aliphatic heterocycles. The van der Waals surface area contributed by atoms with Crippen molar-refractivity contribution >= 4 is 23.3 Å². The standard InChI is InChI=1S/C15H16N4/c16-13-6-4-11(5-7-13)8-9-19-15(18)12-2-1-3-14(17)10-12/h1-10H,16-17H2,(H2,18,19). The molecule has 0 spiro atoms. The van der Waals surface area contributed by atoms with E-state index in [0.717, 1.165) is 16.8 Å². The first-order chi connectivity index (χ1) is 9.15. The van der Waals surface area contributed by atoms with Crippen LogP contribution in [0, 0.1) is 5.41 Å². The molecule has 4 heteroatoms. The van der Waals surface area contributed by atoms with Gasteiger partial charge in [0.15, 0.2) is 0 Å². The van der Waals surface area contributed by atoms with Gasteiger partial charge >= 0.3 is 0 Å². The first kappa shape index (κ1) is 12.7. The third kappa shape index (κ3) is 3.61. The molecular formula is C15H16N4. The molecule has 0 fully saturated rings. The maximum atomic E-state index is 7.89. The Balaban J connectivity index is 1.98. The monoisotopic (exact) mass is 252 g/mol. The fourth-order valence-electron chi connectivity index (χ4n) is 1.61. The molecule has 0 saturated heterocycles. The third-order valence-electron chi connectivity index (χ3n) is 2.62. The average Bonchev–Trinajstić information content (AvgIpc) is 2.41. The second kappa shape index (κ2) is 5.73. The van der Waals surface area contributed by atoms with Gasteiger partial charge in [0.1, 0.15) is 5.84 Å². The van der Waals surface area contributed by atoms with E-state index in [1.807, 2.05) is 42.5 Å². The molecule has 2 rings (SSSR count). The van der Waals surface area contributed by atoms with E-state index in [1.54, 1.807) is 18.3 Å². The molecule has 0 saturated carbocycles. The van der Waals surface area contributed by atoms with Crippen molar-refractivity contribution in [3.63, 3.8) is 0 Å². The number of rotatable bonds is 3. The summed E-state index contributed by atoms with van der Waals surface area (Å²) >= 11 is 0. The van der Waals surface area contributed by atoms with Crippen LogP contribution in [0.2, 0.25) is 0 Å². The second-order valence-corrected chi connectivity index (χ2v) is 4.14. The molecule has 0 heterocycles. The zero-order valence-electron chi connectivity index (χ0n) is 10.4. The molecule has 19 heavy (non-hydrogen) atoms. The Morgan fingerprint density at radius 2 is 1.74 bits per heavy atom. The van der Waals surface area contributed by atoms with E-state index in [0.29, 0.717) is 11.5 Å². The summed E-state index contributed by atoms with van der Waals surface area (Å²) in [5.74, 6) is 0.305. The highest BCUT2D eigenvalue weighted by Crippen LogP contribution is 2.08. The molecule has 0 unspecified atom stereocenters. The van der Waals surface area contributed by atoms with Crippen LogP contribution in [-0.4, -0.2) is 5.84 Å². The number of nitrogens with one attached hydrogen (secondary N) is 2. The topological polar surface area (TPSA) is 87.9 Å². The molecule has 0 amide bonds. The van der Waals surface area contributed by atoms with Gasteiger partial charge < -0.3 is 16.8 Å². The Morgan fingerprint density at radius 1 is 1.00 bits per heavy atom. The molecule has 0 aromatic heterocycles. The minimum Gasteiger partial charge on any atom is -0.399 e. The fraction of sp³-hybridized carbons (Fsp3) is 0. The fourth-order valence-corrected chi connectivity index (χ4v) is 1.61. The minimum absolute atomic E-state index is 0.305. The maximum absolute atomic E-state index is 7.89. The lowest BCUT2D eigenvalue weighted by atomic mass is 10.2. The average molecular weight is 252 g/mol. The minimum atomic E-state index is 0.305. The molecule has 96 valence electrons. The summed E-state index contributed by atoms with van der Waals surface area (Å²) in [6, 6.07) is 14.7. The first-order valence-corrected chi connectivity index (χ1v) is 5.88. The van der Waals surface area contributed by atoms with Gasteiger partial charge in [-0.1, -0.05) is 24.3 Å². The summed E-state index contributed by atoms with van der Waals surface area (Å²) in [5, 5.41) is 10.8. The van der Waals surface area contributed by atoms with Crippen molar-refractivity contribution in [2.24, 2.45) is 0 Å². The lowest BCUT2D eigenvalue weighted by molar-refractivity contribution is 1.23. The van der Waals surface area contributed by atoms with Crippen LogP contribution in [-0.2, 0) is 0 Å². The van der Waals surface area contributed by atoms with Gasteiger partial charge in [-0.2, -0.15) is 0 Å². The van der Waals surface area contributed by atoms with Crippen molar-refractivity contribution in [1.82, 2.24) is 5.32 Å². The van der Waals surface area contributed by atoms with Gasteiger partial charge in [-0.3, -0.25) is 5.41 Å². The Kier molecular flexibility index (Phi) is 3.83. The van der Waals surface area contributed by atoms with Gasteiger partial charge in [-0.25, -0.2) is 0 Å². The van der Waals surface area contributed by atoms with Crippen LogP contribution in [0.3, 0.4) is 0 Å². The Labute approximate surface area is 112 Å². The van der Waals surface area contributed by atoms with Crippen LogP contribution in [0.4, 0.5) is 11.4 Å². The van der Waals surface area contributed by atoms with Gasteiger partial charge in [-0.15, -0.1) is 0 Å². The molecule has 0 aliphatic rings. The Bertz CT molecular complexity index is 600. The molecule has 4 nitrogen and oxygen atoms in total. The van der Waals surface area contributed by atoms with E-state index in [-0.39, 0.29) is 0 Å². The van der Waals surface area contributed by atoms with Crippen LogP contribution < -0.4 is 16.8 Å². The summed E-state index contributed by atoms with van der Waals surface area (Å²) in [5.41, 5.74) is 14.4. The van der Waals surface area contributed by atoms with Crippen molar-refractivity contribution in [3.05, 3.63) is 65.9 Å². The number of hydrogen-bond acceptors (Lipinski definition) is 3. The zero-order chi connectivity index (χ0) is 13.7. The highest BCUT2D eigenvalue weighted by atomic mass is 14.9. The normalized spacial score (nSPS) is 10.5. The summed E-state index contributed by atoms with van der Waals surface area (Å²) in [7, 11) is 0. The van der Waals surface area contributed by atoms with Gasteiger partial charge in [0.05, 0.1) is 0 Å². The summed E-state index contributed by atoms with van der Waals surface area (Å²) in [6.07, 6.45) is 3.59. The quantitative estimate of drug-likeness (QED) is 0.384. The Morgan fingerprint density at radius 3 is 2.42 bits per heavy atom. The van der Waals surface area contributed by atoms with Crippen molar-refractivity contribution in [2.75, 3.05) is 11.5 Å². The van der Waals surface area contributed by atoms with E-state index < -0.39 is 0 Å². The summed E-state index contributed by atoms with van der Waals surface area (Å²) in [4.78, 5) is 0. The van der Waals surface area contributed by atoms with Crippen LogP contribution in [0.5, 0.6) is 0 Å². The van der Waals surface area contributed by atoms with Gasteiger partial charge in [0, 0.05) is 23.1 Å². The number of hydrogen-bond donors (Lipinski definition) is 4. The van der Waals surface area contributed by atoms with E-state index in [1.165, 1.54) is 0 Å². The molecule has 0 bridgehead atoms. The second-order valence-electron chi connectivity index (χ2n) is 4.14. The van der Waals surface area contributed by atoms with Gasteiger partial charge in [0.2, 0.25) is 0 Å². The van der Waals surface area contributed by atoms with Crippen molar-refractivity contribution in [1.29, 1.82) is 5.41 Å². The predicted octanol–water partition coefficient (Wildman–Crippen LogP) is 2.44. The number of nitrogen functional groups attached to an aromatic ring is 2. The number of benzene rings is 2. The molecule has 2 aromatic rings. The van der Waals surface area contributed by atoms with Gasteiger partial charge in [0.25, 0.3) is 0 Å². The van der Waals surface area contributed by atoms with Crippen LogP contribution in [0.1, 0.15) is 11.1 Å². The predicted molar refractivity (Wildman–Crippen MR) is 80.7 cm³/mol. The van der Waals surface area contributed by atoms with Crippen molar-refractivity contribution in [2.45, 2.75) is 0 Å². The SMILES string of the molecule is N=C(NC=Cc1ccc(N)cc1)c1cccc(N)c1. The molecule has 0 aliphatic carbocycles. The highest BCUT2D eigenvalue weighted by Gasteiger charge is 1.98. The molecular weight excluding hydrogens is 236 g/mol. The van der Waals surface area contributed by atoms with Crippen molar-refractivity contribution in [3.8, 4) is 0 Å². The van der Waals surface area contributed by atoms with E-state index in [2.05, 4.69) is 5.32 Å². The Hall–Kier alpha value is -2.75. The van der Waals surface area contributed by atoms with Crippen LogP contribution in [0.25, 0.3) is 6.08 Å². The smallest absolute Gasteiger partial charge is 0.129 e. The summed E-state index contributed by atoms with van der Waals surface area (Å²) in [6.45, 7) is 0. The number of nitrogens with two attached hydrogens (primary N) is 2. The van der Waals surface area contributed by atoms with Crippen LogP contribution in [0.15, 0.2) is 54.7 Å². The molecule has 2 aromatic carbocycles.